The van der Waals surface area contributed by atoms with Gasteiger partial charge in [-0.15, -0.1) is 0 Å². The van der Waals surface area contributed by atoms with E-state index in [2.05, 4.69) is 30.6 Å². The first-order chi connectivity index (χ1) is 9.59. The molecule has 12 heavy (non-hydrogen) atoms. The van der Waals surface area contributed by atoms with E-state index in [1.54, 1.807) is 0 Å². The predicted molar refractivity (Wildman–Crippen MR) is 50.3 cm³/mol. The fourth-order valence-corrected chi connectivity index (χ4v) is 0.662. The fraction of sp³-hybridized carbons (Fsp3) is 0.500. The molecule has 1 aromatic heterocycles. The summed E-state index contributed by atoms with van der Waals surface area (Å²) in [5.41, 5.74) is -0.470. The first-order valence-electron chi connectivity index (χ1n) is 7.81. The Labute approximate surface area is 94.4 Å². The van der Waals surface area contributed by atoms with Crippen molar-refractivity contribution in [2.24, 2.45) is 0 Å². The maximum absolute atomic E-state index is 7.48. The van der Waals surface area contributed by atoms with Gasteiger partial charge in [0.25, 0.3) is 0 Å². The molecule has 1 aromatic rings. The summed E-state index contributed by atoms with van der Waals surface area (Å²) < 4.78 is 77.2. The second-order valence-corrected chi connectivity index (χ2v) is 2.53. The van der Waals surface area contributed by atoms with Crippen molar-refractivity contribution in [1.82, 2.24) is 9.97 Å². The molecule has 0 fully saturated rings. The molecule has 0 spiro atoms. The van der Waals surface area contributed by atoms with E-state index in [-0.39, 0.29) is 4.47 Å². The van der Waals surface area contributed by atoms with E-state index >= 15 is 0 Å². The third-order valence-electron chi connectivity index (χ3n) is 0.915. The van der Waals surface area contributed by atoms with Gasteiger partial charge in [0.2, 0.25) is 0 Å². The highest BCUT2D eigenvalue weighted by Gasteiger charge is 2.00. The number of aromatic nitrogens is 2. The van der Waals surface area contributed by atoms with Crippen LogP contribution in [0.1, 0.15) is 32.6 Å². The number of ether oxygens (including phenoxy) is 1. The van der Waals surface area contributed by atoms with Gasteiger partial charge < -0.3 is 4.74 Å². The molecule has 0 radical (unpaired) electrons. The SMILES string of the molecule is [2H]C([2H])([2H])c1nc(OC([2H])([2H])C([2H])([2H])C([2H])([2H])[2H])ncc1Br. The van der Waals surface area contributed by atoms with Gasteiger partial charge in [-0.05, 0) is 29.2 Å². The van der Waals surface area contributed by atoms with Crippen LogP contribution in [0.4, 0.5) is 0 Å². The number of nitrogens with zero attached hydrogens (tertiary/aromatic N) is 2. The Morgan fingerprint density at radius 1 is 1.83 bits per heavy atom. The zero-order valence-corrected chi connectivity index (χ0v) is 7.34. The van der Waals surface area contributed by atoms with E-state index in [1.165, 1.54) is 0 Å². The first kappa shape index (κ1) is 2.67. The van der Waals surface area contributed by atoms with E-state index in [1.807, 2.05) is 0 Å². The molecule has 0 aliphatic rings. The number of hydrogen-bond donors (Lipinski definition) is 0. The van der Waals surface area contributed by atoms with Crippen molar-refractivity contribution in [3.8, 4) is 6.01 Å². The molecule has 0 saturated carbocycles. The molecule has 0 N–H and O–H groups in total. The van der Waals surface area contributed by atoms with Gasteiger partial charge >= 0.3 is 6.01 Å². The molecule has 66 valence electrons. The van der Waals surface area contributed by atoms with Crippen LogP contribution in [0.3, 0.4) is 0 Å². The van der Waals surface area contributed by atoms with Gasteiger partial charge in [0.15, 0.2) is 0 Å². The number of aryl methyl sites for hydroxylation is 1. The van der Waals surface area contributed by atoms with Crippen molar-refractivity contribution >= 4 is 15.9 Å². The first-order valence-corrected chi connectivity index (χ1v) is 3.61. The molecule has 0 aromatic carbocycles. The van der Waals surface area contributed by atoms with Crippen LogP contribution in [-0.2, 0) is 0 Å². The van der Waals surface area contributed by atoms with Crippen LogP contribution < -0.4 is 4.74 Å². The molecule has 3 nitrogen and oxygen atoms in total. The Kier molecular flexibility index (Phi) is 0.980. The molecular weight excluding hydrogens is 220 g/mol. The monoisotopic (exact) mass is 240 g/mol. The Balaban J connectivity index is 3.20. The Hall–Kier alpha value is -0.640. The van der Waals surface area contributed by atoms with Gasteiger partial charge in [0, 0.05) is 17.2 Å². The predicted octanol–water partition coefficient (Wildman–Crippen LogP) is 2.34. The fourth-order valence-electron chi connectivity index (χ4n) is 0.471. The second kappa shape index (κ2) is 4.40. The van der Waals surface area contributed by atoms with Crippen LogP contribution in [0, 0.1) is 6.85 Å². The number of halogens is 1. The molecule has 0 amide bonds. The lowest BCUT2D eigenvalue weighted by Crippen LogP contribution is -2.00. The summed E-state index contributed by atoms with van der Waals surface area (Å²) in [6, 6.07) is -0.785. The largest absolute Gasteiger partial charge is 0.463 e. The summed E-state index contributed by atoms with van der Waals surface area (Å²) in [5, 5.41) is 0. The Bertz CT molecular complexity index is 555. The van der Waals surface area contributed by atoms with E-state index in [0.717, 1.165) is 6.20 Å². The molecule has 0 atom stereocenters. The van der Waals surface area contributed by atoms with Crippen LogP contribution in [0.25, 0.3) is 0 Å². The summed E-state index contributed by atoms with van der Waals surface area (Å²) >= 11 is 2.92. The van der Waals surface area contributed by atoms with Crippen LogP contribution >= 0.6 is 15.9 Å². The number of hydrogen-bond acceptors (Lipinski definition) is 3. The van der Waals surface area contributed by atoms with Gasteiger partial charge in [0.05, 0.1) is 19.5 Å². The Morgan fingerprint density at radius 2 is 2.75 bits per heavy atom. The second-order valence-electron chi connectivity index (χ2n) is 1.68. The van der Waals surface area contributed by atoms with Gasteiger partial charge in [-0.2, -0.15) is 4.98 Å². The smallest absolute Gasteiger partial charge is 0.316 e. The standard InChI is InChI=1S/C8H11BrN2O/c1-3-4-12-8-10-5-7(9)6(2)11-8/h5H,3-4H2,1-2H3/i1D3,2D3,3D2,4D2. The van der Waals surface area contributed by atoms with E-state index in [4.69, 9.17) is 13.7 Å². The topological polar surface area (TPSA) is 35.0 Å². The summed E-state index contributed by atoms with van der Waals surface area (Å²) in [6.07, 6.45) is -2.37. The van der Waals surface area contributed by atoms with Gasteiger partial charge in [0.1, 0.15) is 0 Å². The average Bonchev–Trinajstić information content (AvgIpc) is 2.28. The maximum atomic E-state index is 7.48. The normalized spacial score (nSPS) is 26.8. The number of rotatable bonds is 3. The minimum absolute atomic E-state index is 0.0271. The molecule has 0 aliphatic carbocycles. The van der Waals surface area contributed by atoms with E-state index in [9.17, 15) is 0 Å². The van der Waals surface area contributed by atoms with Crippen molar-refractivity contribution in [1.29, 1.82) is 0 Å². The highest BCUT2D eigenvalue weighted by molar-refractivity contribution is 9.10. The minimum atomic E-state index is -3.36. The zero-order valence-electron chi connectivity index (χ0n) is 15.8. The van der Waals surface area contributed by atoms with Crippen LogP contribution in [0.2, 0.25) is 0 Å². The van der Waals surface area contributed by atoms with Gasteiger partial charge in [-0.25, -0.2) is 4.98 Å². The molecule has 0 saturated heterocycles. The zero-order chi connectivity index (χ0) is 17.6. The molecule has 0 unspecified atom stereocenters. The summed E-state index contributed by atoms with van der Waals surface area (Å²) in [7, 11) is 0. The highest BCUT2D eigenvalue weighted by atomic mass is 79.9. The molecule has 4 heteroatoms. The molecular formula is C8H11BrN2O. The summed E-state index contributed by atoms with van der Waals surface area (Å²) in [5.74, 6) is 0. The van der Waals surface area contributed by atoms with Crippen molar-refractivity contribution in [2.75, 3.05) is 6.56 Å². The van der Waals surface area contributed by atoms with Crippen molar-refractivity contribution in [2.45, 2.75) is 20.1 Å². The molecule has 0 aliphatic heterocycles. The highest BCUT2D eigenvalue weighted by Crippen LogP contribution is 2.14. The van der Waals surface area contributed by atoms with E-state index < -0.39 is 38.3 Å². The molecule has 1 rings (SSSR count). The van der Waals surface area contributed by atoms with Gasteiger partial charge in [-0.1, -0.05) is 6.85 Å². The lowest BCUT2D eigenvalue weighted by atomic mass is 10.5. The third kappa shape index (κ3) is 2.44. The minimum Gasteiger partial charge on any atom is -0.463 e. The Morgan fingerprint density at radius 3 is 3.50 bits per heavy atom. The van der Waals surface area contributed by atoms with Crippen LogP contribution in [-0.4, -0.2) is 16.5 Å². The third-order valence-corrected chi connectivity index (χ3v) is 1.50. The van der Waals surface area contributed by atoms with Crippen LogP contribution in [0.5, 0.6) is 6.01 Å². The summed E-state index contributed by atoms with van der Waals surface area (Å²) in [6.45, 7) is -9.26. The lowest BCUT2D eigenvalue weighted by molar-refractivity contribution is 0.291. The van der Waals surface area contributed by atoms with Gasteiger partial charge in [-0.3, -0.25) is 0 Å². The summed E-state index contributed by atoms with van der Waals surface area (Å²) in [4.78, 5) is 7.00. The average molecular weight is 241 g/mol. The molecule has 0 bridgehead atoms. The van der Waals surface area contributed by atoms with E-state index in [0.29, 0.717) is 0 Å². The van der Waals surface area contributed by atoms with Crippen LogP contribution in [0.15, 0.2) is 10.7 Å². The molecule has 1 heterocycles. The lowest BCUT2D eigenvalue weighted by Gasteiger charge is -2.02. The van der Waals surface area contributed by atoms with Crippen molar-refractivity contribution in [3.05, 3.63) is 16.4 Å². The quantitative estimate of drug-likeness (QED) is 0.814. The maximum Gasteiger partial charge on any atom is 0.316 e. The van der Waals surface area contributed by atoms with Crippen molar-refractivity contribution < 1.29 is 18.4 Å². The van der Waals surface area contributed by atoms with Crippen molar-refractivity contribution in [3.63, 3.8) is 0 Å².